The van der Waals surface area contributed by atoms with E-state index in [1.807, 2.05) is 19.1 Å². The summed E-state index contributed by atoms with van der Waals surface area (Å²) in [6.45, 7) is 7.73. The van der Waals surface area contributed by atoms with E-state index in [1.54, 1.807) is 6.07 Å². The number of rotatable bonds is 4. The third-order valence-corrected chi connectivity index (χ3v) is 3.98. The first kappa shape index (κ1) is 16.5. The molecule has 0 aliphatic carbocycles. The third-order valence-electron chi connectivity index (χ3n) is 3.98. The summed E-state index contributed by atoms with van der Waals surface area (Å²) in [5.41, 5.74) is 1.38. The second-order valence-corrected chi connectivity index (χ2v) is 5.80. The Labute approximate surface area is 133 Å². The van der Waals surface area contributed by atoms with Gasteiger partial charge in [0.05, 0.1) is 6.54 Å². The zero-order valence-corrected chi connectivity index (χ0v) is 13.6. The lowest BCUT2D eigenvalue weighted by Gasteiger charge is -2.30. The minimum Gasteiger partial charge on any atom is -0.350 e. The predicted octanol–water partition coefficient (Wildman–Crippen LogP) is 2.25. The van der Waals surface area contributed by atoms with Gasteiger partial charge >= 0.3 is 0 Å². The highest BCUT2D eigenvalue weighted by Crippen LogP contribution is 2.16. The van der Waals surface area contributed by atoms with Crippen LogP contribution in [0.2, 0.25) is 0 Å². The second-order valence-electron chi connectivity index (χ2n) is 5.80. The number of aromatic nitrogens is 1. The summed E-state index contributed by atoms with van der Waals surface area (Å²) < 4.78 is 0. The molecule has 2 rings (SSSR count). The molecule has 4 nitrogen and oxygen atoms in total. The molecule has 1 aromatic heterocycles. The van der Waals surface area contributed by atoms with Gasteiger partial charge in [-0.25, -0.2) is 4.98 Å². The summed E-state index contributed by atoms with van der Waals surface area (Å²) in [5.74, 6) is 6.80. The van der Waals surface area contributed by atoms with Gasteiger partial charge in [0.1, 0.15) is 5.69 Å². The summed E-state index contributed by atoms with van der Waals surface area (Å²) >= 11 is 0. The van der Waals surface area contributed by atoms with Gasteiger partial charge in [-0.05, 0) is 50.9 Å². The van der Waals surface area contributed by atoms with Crippen molar-refractivity contribution in [2.24, 2.45) is 5.92 Å². The fourth-order valence-electron chi connectivity index (χ4n) is 2.64. The number of nitrogens with one attached hydrogen (secondary N) is 1. The van der Waals surface area contributed by atoms with E-state index in [9.17, 15) is 4.79 Å². The monoisotopic (exact) mass is 299 g/mol. The number of piperidine rings is 1. The molecular weight excluding hydrogens is 274 g/mol. The first-order valence-electron chi connectivity index (χ1n) is 8.09. The Kier molecular flexibility index (Phi) is 6.42. The normalized spacial score (nSPS) is 15.9. The Morgan fingerprint density at radius 2 is 2.14 bits per heavy atom. The summed E-state index contributed by atoms with van der Waals surface area (Å²) in [6.07, 6.45) is 3.17. The van der Waals surface area contributed by atoms with E-state index in [4.69, 9.17) is 0 Å². The van der Waals surface area contributed by atoms with Gasteiger partial charge in [0.15, 0.2) is 0 Å². The molecule has 1 N–H and O–H groups in total. The molecule has 1 saturated heterocycles. The molecule has 0 aromatic carbocycles. The SMILES string of the molecule is CCC#CCN1CCC(CNC(=O)c2cccc(C)n2)CC1. The van der Waals surface area contributed by atoms with E-state index >= 15 is 0 Å². The Morgan fingerprint density at radius 3 is 2.82 bits per heavy atom. The van der Waals surface area contributed by atoms with Crippen molar-refractivity contribution >= 4 is 5.91 Å². The molecule has 1 aromatic rings. The molecule has 0 unspecified atom stereocenters. The minimum atomic E-state index is -0.0695. The lowest BCUT2D eigenvalue weighted by atomic mass is 9.97. The van der Waals surface area contributed by atoms with Gasteiger partial charge in [0.25, 0.3) is 5.91 Å². The van der Waals surface area contributed by atoms with E-state index in [-0.39, 0.29) is 5.91 Å². The van der Waals surface area contributed by atoms with Gasteiger partial charge in [-0.2, -0.15) is 0 Å². The van der Waals surface area contributed by atoms with Gasteiger partial charge in [-0.1, -0.05) is 18.9 Å². The van der Waals surface area contributed by atoms with E-state index < -0.39 is 0 Å². The van der Waals surface area contributed by atoms with Gasteiger partial charge in [0.2, 0.25) is 0 Å². The standard InChI is InChI=1S/C18H25N3O/c1-3-4-5-11-21-12-9-16(10-13-21)14-19-18(22)17-8-6-7-15(2)20-17/h6-8,16H,3,9-14H2,1-2H3,(H,19,22). The van der Waals surface area contributed by atoms with Gasteiger partial charge in [0, 0.05) is 18.7 Å². The van der Waals surface area contributed by atoms with Crippen molar-refractivity contribution in [3.05, 3.63) is 29.6 Å². The van der Waals surface area contributed by atoms with Crippen molar-refractivity contribution in [3.63, 3.8) is 0 Å². The molecule has 1 amide bonds. The van der Waals surface area contributed by atoms with E-state index in [0.717, 1.165) is 51.1 Å². The van der Waals surface area contributed by atoms with Crippen molar-refractivity contribution in [1.29, 1.82) is 0 Å². The van der Waals surface area contributed by atoms with Crippen LogP contribution in [-0.2, 0) is 0 Å². The number of hydrogen-bond acceptors (Lipinski definition) is 3. The molecule has 0 bridgehead atoms. The molecular formula is C18H25N3O. The van der Waals surface area contributed by atoms with Gasteiger partial charge in [-0.15, -0.1) is 5.92 Å². The van der Waals surface area contributed by atoms with Crippen molar-refractivity contribution in [3.8, 4) is 11.8 Å². The van der Waals surface area contributed by atoms with E-state index in [2.05, 4.69) is 34.0 Å². The van der Waals surface area contributed by atoms with Crippen molar-refractivity contribution < 1.29 is 4.79 Å². The fraction of sp³-hybridized carbons (Fsp3) is 0.556. The Morgan fingerprint density at radius 1 is 1.36 bits per heavy atom. The Hall–Kier alpha value is -1.86. The molecule has 1 aliphatic heterocycles. The van der Waals surface area contributed by atoms with Crippen LogP contribution in [0.1, 0.15) is 42.4 Å². The first-order valence-corrected chi connectivity index (χ1v) is 8.09. The number of aryl methyl sites for hydroxylation is 1. The maximum atomic E-state index is 12.1. The lowest BCUT2D eigenvalue weighted by molar-refractivity contribution is 0.0932. The quantitative estimate of drug-likeness (QED) is 0.867. The largest absolute Gasteiger partial charge is 0.350 e. The van der Waals surface area contributed by atoms with E-state index in [0.29, 0.717) is 11.6 Å². The third kappa shape index (κ3) is 5.16. The van der Waals surface area contributed by atoms with Gasteiger partial charge in [-0.3, -0.25) is 9.69 Å². The number of amides is 1. The molecule has 1 aliphatic rings. The highest BCUT2D eigenvalue weighted by atomic mass is 16.1. The topological polar surface area (TPSA) is 45.2 Å². The zero-order chi connectivity index (χ0) is 15.8. The smallest absolute Gasteiger partial charge is 0.269 e. The number of carbonyl (C=O) groups excluding carboxylic acids is 1. The van der Waals surface area contributed by atoms with Crippen LogP contribution >= 0.6 is 0 Å². The molecule has 2 heterocycles. The average molecular weight is 299 g/mol. The predicted molar refractivity (Wildman–Crippen MR) is 88.5 cm³/mol. The maximum Gasteiger partial charge on any atom is 0.269 e. The van der Waals surface area contributed by atoms with Crippen LogP contribution in [0.15, 0.2) is 18.2 Å². The summed E-state index contributed by atoms with van der Waals surface area (Å²) in [7, 11) is 0. The van der Waals surface area contributed by atoms with E-state index in [1.165, 1.54) is 0 Å². The van der Waals surface area contributed by atoms with Crippen LogP contribution in [0.25, 0.3) is 0 Å². The summed E-state index contributed by atoms with van der Waals surface area (Å²) in [5, 5.41) is 3.02. The number of likely N-dealkylation sites (tertiary alicyclic amines) is 1. The second kappa shape index (κ2) is 8.55. The van der Waals surface area contributed by atoms with Crippen molar-refractivity contribution in [2.75, 3.05) is 26.2 Å². The number of pyridine rings is 1. The molecule has 118 valence electrons. The van der Waals surface area contributed by atoms with Crippen LogP contribution in [0.5, 0.6) is 0 Å². The molecule has 1 fully saturated rings. The van der Waals surface area contributed by atoms with Crippen LogP contribution < -0.4 is 5.32 Å². The maximum absolute atomic E-state index is 12.1. The molecule has 22 heavy (non-hydrogen) atoms. The fourth-order valence-corrected chi connectivity index (χ4v) is 2.64. The summed E-state index contributed by atoms with van der Waals surface area (Å²) in [6, 6.07) is 5.53. The lowest BCUT2D eigenvalue weighted by Crippen LogP contribution is -2.38. The molecule has 0 saturated carbocycles. The molecule has 0 atom stereocenters. The molecule has 0 spiro atoms. The van der Waals surface area contributed by atoms with Crippen LogP contribution in [0.3, 0.4) is 0 Å². The summed E-state index contributed by atoms with van der Waals surface area (Å²) in [4.78, 5) is 18.7. The van der Waals surface area contributed by atoms with Crippen molar-refractivity contribution in [1.82, 2.24) is 15.2 Å². The average Bonchev–Trinajstić information content (AvgIpc) is 2.54. The molecule has 0 radical (unpaired) electrons. The number of carbonyl (C=O) groups is 1. The highest BCUT2D eigenvalue weighted by Gasteiger charge is 2.19. The zero-order valence-electron chi connectivity index (χ0n) is 13.6. The first-order chi connectivity index (χ1) is 10.7. The number of nitrogens with zero attached hydrogens (tertiary/aromatic N) is 2. The van der Waals surface area contributed by atoms with Gasteiger partial charge < -0.3 is 5.32 Å². The van der Waals surface area contributed by atoms with Crippen molar-refractivity contribution in [2.45, 2.75) is 33.1 Å². The molecule has 4 heteroatoms. The van der Waals surface area contributed by atoms with Crippen LogP contribution in [0.4, 0.5) is 0 Å². The Bertz CT molecular complexity index is 551. The van der Waals surface area contributed by atoms with Crippen LogP contribution in [-0.4, -0.2) is 42.0 Å². The Balaban J connectivity index is 1.71. The van der Waals surface area contributed by atoms with Crippen LogP contribution in [0, 0.1) is 24.7 Å². The minimum absolute atomic E-state index is 0.0695. The highest BCUT2D eigenvalue weighted by molar-refractivity contribution is 5.92. The number of hydrogen-bond donors (Lipinski definition) is 1.